The van der Waals surface area contributed by atoms with E-state index in [9.17, 15) is 13.5 Å². The molecule has 0 aromatic heterocycles. The third-order valence-corrected chi connectivity index (χ3v) is 6.17. The average Bonchev–Trinajstić information content (AvgIpc) is 2.42. The molecular formula is C16H27NO3S. The number of aliphatic hydroxyl groups excluding tert-OH is 1. The predicted octanol–water partition coefficient (Wildman–Crippen LogP) is 2.67. The Labute approximate surface area is 128 Å². The fraction of sp³-hybridized carbons (Fsp3) is 0.625. The van der Waals surface area contributed by atoms with Crippen LogP contribution in [0.3, 0.4) is 0 Å². The number of hydrogen-bond acceptors (Lipinski definition) is 3. The zero-order valence-corrected chi connectivity index (χ0v) is 14.7. The van der Waals surface area contributed by atoms with Gasteiger partial charge < -0.3 is 5.11 Å². The Kier molecular flexibility index (Phi) is 5.96. The minimum Gasteiger partial charge on any atom is -0.393 e. The van der Waals surface area contributed by atoms with Crippen LogP contribution in [0.4, 0.5) is 0 Å². The Bertz CT molecular complexity index is 592. The molecule has 0 aliphatic rings. The molecular weight excluding hydrogens is 286 g/mol. The van der Waals surface area contributed by atoms with Crippen molar-refractivity contribution < 1.29 is 13.5 Å². The van der Waals surface area contributed by atoms with Crippen molar-refractivity contribution in [2.75, 3.05) is 6.54 Å². The van der Waals surface area contributed by atoms with Crippen molar-refractivity contribution in [1.29, 1.82) is 0 Å². The van der Waals surface area contributed by atoms with E-state index in [-0.39, 0.29) is 6.54 Å². The first kappa shape index (κ1) is 18.1. The SMILES string of the molecule is CCC(O)CCNS(=O)(=O)c1c(C)c(C)c(C)c(C)c1C. The third kappa shape index (κ3) is 3.84. The lowest BCUT2D eigenvalue weighted by atomic mass is 9.95. The van der Waals surface area contributed by atoms with E-state index in [1.165, 1.54) is 0 Å². The maximum atomic E-state index is 12.6. The molecule has 21 heavy (non-hydrogen) atoms. The molecule has 120 valence electrons. The molecule has 4 nitrogen and oxygen atoms in total. The predicted molar refractivity (Wildman–Crippen MR) is 86.2 cm³/mol. The molecule has 0 heterocycles. The van der Waals surface area contributed by atoms with E-state index in [4.69, 9.17) is 0 Å². The summed E-state index contributed by atoms with van der Waals surface area (Å²) in [6.07, 6.45) is 0.594. The first-order valence-corrected chi connectivity index (χ1v) is 8.86. The van der Waals surface area contributed by atoms with Crippen LogP contribution in [-0.2, 0) is 10.0 Å². The Morgan fingerprint density at radius 2 is 1.38 bits per heavy atom. The molecule has 5 heteroatoms. The normalized spacial score (nSPS) is 13.5. The maximum absolute atomic E-state index is 12.6. The summed E-state index contributed by atoms with van der Waals surface area (Å²) < 4.78 is 27.7. The number of aliphatic hydroxyl groups is 1. The first-order valence-electron chi connectivity index (χ1n) is 7.38. The molecule has 2 N–H and O–H groups in total. The summed E-state index contributed by atoms with van der Waals surface area (Å²) in [7, 11) is -3.55. The van der Waals surface area contributed by atoms with Gasteiger partial charge in [-0.1, -0.05) is 6.92 Å². The van der Waals surface area contributed by atoms with Crippen molar-refractivity contribution in [3.8, 4) is 0 Å². The van der Waals surface area contributed by atoms with Gasteiger partial charge >= 0.3 is 0 Å². The fourth-order valence-electron chi connectivity index (χ4n) is 2.50. The van der Waals surface area contributed by atoms with Crippen LogP contribution >= 0.6 is 0 Å². The molecule has 0 aliphatic carbocycles. The van der Waals surface area contributed by atoms with Crippen LogP contribution in [-0.4, -0.2) is 26.2 Å². The highest BCUT2D eigenvalue weighted by Gasteiger charge is 2.23. The Balaban J connectivity index is 3.15. The molecule has 0 amide bonds. The summed E-state index contributed by atoms with van der Waals surface area (Å²) in [5.74, 6) is 0. The third-order valence-electron chi connectivity index (χ3n) is 4.44. The monoisotopic (exact) mass is 313 g/mol. The number of sulfonamides is 1. The lowest BCUT2D eigenvalue weighted by Crippen LogP contribution is -2.29. The molecule has 1 aromatic rings. The van der Waals surface area contributed by atoms with Gasteiger partial charge in [-0.05, 0) is 75.3 Å². The van der Waals surface area contributed by atoms with Gasteiger partial charge in [-0.25, -0.2) is 13.1 Å². The van der Waals surface area contributed by atoms with E-state index in [0.29, 0.717) is 17.7 Å². The number of nitrogens with one attached hydrogen (secondary N) is 1. The van der Waals surface area contributed by atoms with Crippen molar-refractivity contribution in [3.05, 3.63) is 27.8 Å². The minimum atomic E-state index is -3.55. The van der Waals surface area contributed by atoms with Gasteiger partial charge in [-0.15, -0.1) is 0 Å². The number of benzene rings is 1. The van der Waals surface area contributed by atoms with E-state index < -0.39 is 16.1 Å². The van der Waals surface area contributed by atoms with E-state index in [0.717, 1.165) is 27.8 Å². The van der Waals surface area contributed by atoms with Gasteiger partial charge in [0.25, 0.3) is 0 Å². The van der Waals surface area contributed by atoms with Gasteiger partial charge in [-0.2, -0.15) is 0 Å². The summed E-state index contributed by atoms with van der Waals surface area (Å²) in [4.78, 5) is 0.383. The Hall–Kier alpha value is -0.910. The standard InChI is InChI=1S/C16H27NO3S/c1-7-15(18)8-9-17-21(19,20)16-13(5)11(3)10(2)12(4)14(16)6/h15,17-18H,7-9H2,1-6H3. The van der Waals surface area contributed by atoms with Crippen LogP contribution in [0, 0.1) is 34.6 Å². The molecule has 0 radical (unpaired) electrons. The van der Waals surface area contributed by atoms with Crippen molar-refractivity contribution >= 4 is 10.0 Å². The van der Waals surface area contributed by atoms with Crippen LogP contribution in [0.1, 0.15) is 47.6 Å². The van der Waals surface area contributed by atoms with Crippen LogP contribution in [0.15, 0.2) is 4.90 Å². The van der Waals surface area contributed by atoms with Crippen LogP contribution in [0.25, 0.3) is 0 Å². The van der Waals surface area contributed by atoms with Crippen molar-refractivity contribution in [2.45, 2.75) is 65.4 Å². The van der Waals surface area contributed by atoms with Gasteiger partial charge in [0, 0.05) is 6.54 Å². The lowest BCUT2D eigenvalue weighted by molar-refractivity contribution is 0.162. The zero-order chi connectivity index (χ0) is 16.4. The molecule has 1 unspecified atom stereocenters. The average molecular weight is 313 g/mol. The lowest BCUT2D eigenvalue weighted by Gasteiger charge is -2.19. The van der Waals surface area contributed by atoms with Crippen LogP contribution in [0.5, 0.6) is 0 Å². The fourth-order valence-corrected chi connectivity index (χ4v) is 4.15. The number of rotatable bonds is 6. The summed E-state index contributed by atoms with van der Waals surface area (Å²) in [6, 6.07) is 0. The molecule has 1 rings (SSSR count). The van der Waals surface area contributed by atoms with Crippen LogP contribution in [0.2, 0.25) is 0 Å². The summed E-state index contributed by atoms with van der Waals surface area (Å²) in [5.41, 5.74) is 4.79. The maximum Gasteiger partial charge on any atom is 0.241 e. The van der Waals surface area contributed by atoms with Gasteiger partial charge in [-0.3, -0.25) is 0 Å². The summed E-state index contributed by atoms with van der Waals surface area (Å²) >= 11 is 0. The molecule has 1 aromatic carbocycles. The second-order valence-electron chi connectivity index (χ2n) is 5.70. The Morgan fingerprint density at radius 1 is 0.952 bits per heavy atom. The molecule has 0 bridgehead atoms. The number of hydrogen-bond donors (Lipinski definition) is 2. The van der Waals surface area contributed by atoms with E-state index in [1.807, 2.05) is 41.5 Å². The largest absolute Gasteiger partial charge is 0.393 e. The minimum absolute atomic E-state index is 0.252. The van der Waals surface area contributed by atoms with Gasteiger partial charge in [0.1, 0.15) is 0 Å². The first-order chi connectivity index (χ1) is 9.63. The Morgan fingerprint density at radius 3 is 1.81 bits per heavy atom. The van der Waals surface area contributed by atoms with E-state index >= 15 is 0 Å². The second kappa shape index (κ2) is 6.90. The van der Waals surface area contributed by atoms with Gasteiger partial charge in [0.2, 0.25) is 10.0 Å². The highest BCUT2D eigenvalue weighted by molar-refractivity contribution is 7.89. The zero-order valence-electron chi connectivity index (χ0n) is 13.9. The highest BCUT2D eigenvalue weighted by Crippen LogP contribution is 2.29. The molecule has 0 aliphatic heterocycles. The smallest absolute Gasteiger partial charge is 0.241 e. The molecule has 0 fully saturated rings. The van der Waals surface area contributed by atoms with Crippen molar-refractivity contribution in [2.24, 2.45) is 0 Å². The molecule has 0 saturated heterocycles. The van der Waals surface area contributed by atoms with Crippen molar-refractivity contribution in [3.63, 3.8) is 0 Å². The second-order valence-corrected chi connectivity index (χ2v) is 7.41. The molecule has 0 saturated carbocycles. The molecule has 0 spiro atoms. The summed E-state index contributed by atoms with van der Waals surface area (Å²) in [6.45, 7) is 11.8. The quantitative estimate of drug-likeness (QED) is 0.848. The van der Waals surface area contributed by atoms with Crippen LogP contribution < -0.4 is 4.72 Å². The van der Waals surface area contributed by atoms with Crippen molar-refractivity contribution in [1.82, 2.24) is 4.72 Å². The molecule has 1 atom stereocenters. The summed E-state index contributed by atoms with van der Waals surface area (Å²) in [5, 5.41) is 9.52. The topological polar surface area (TPSA) is 66.4 Å². The van der Waals surface area contributed by atoms with Gasteiger partial charge in [0.05, 0.1) is 11.0 Å². The van der Waals surface area contributed by atoms with E-state index in [1.54, 1.807) is 0 Å². The van der Waals surface area contributed by atoms with E-state index in [2.05, 4.69) is 4.72 Å². The highest BCUT2D eigenvalue weighted by atomic mass is 32.2. The van der Waals surface area contributed by atoms with Gasteiger partial charge in [0.15, 0.2) is 0 Å².